The maximum atomic E-state index is 10.1. The Morgan fingerprint density at radius 2 is 1.53 bits per heavy atom. The van der Waals surface area contributed by atoms with Gasteiger partial charge in [-0.05, 0) is 54.8 Å². The number of hydrogen-bond acceptors (Lipinski definition) is 4. The summed E-state index contributed by atoms with van der Waals surface area (Å²) in [5, 5.41) is 10.8. The summed E-state index contributed by atoms with van der Waals surface area (Å²) < 4.78 is 12.2. The van der Waals surface area contributed by atoms with Crippen LogP contribution >= 0.6 is 11.6 Å². The summed E-state index contributed by atoms with van der Waals surface area (Å²) >= 11 is 5.97. The van der Waals surface area contributed by atoms with Gasteiger partial charge in [-0.15, -0.1) is 0 Å². The Morgan fingerprint density at radius 1 is 0.868 bits per heavy atom. The molecule has 4 nitrogen and oxygen atoms in total. The lowest BCUT2D eigenvalue weighted by Crippen LogP contribution is -1.95. The first-order valence-corrected chi connectivity index (χ1v) is 12.6. The van der Waals surface area contributed by atoms with Crippen LogP contribution in [0.2, 0.25) is 5.02 Å². The molecular weight excluding hydrogens is 492 g/mol. The molecule has 0 spiro atoms. The number of furan rings is 1. The van der Waals surface area contributed by atoms with E-state index in [9.17, 15) is 5.26 Å². The van der Waals surface area contributed by atoms with Crippen molar-refractivity contribution >= 4 is 23.7 Å². The van der Waals surface area contributed by atoms with Crippen molar-refractivity contribution in [2.75, 3.05) is 0 Å². The van der Waals surface area contributed by atoms with E-state index in [2.05, 4.69) is 11.1 Å². The van der Waals surface area contributed by atoms with Gasteiger partial charge < -0.3 is 9.15 Å². The molecule has 0 aliphatic rings. The molecule has 38 heavy (non-hydrogen) atoms. The van der Waals surface area contributed by atoms with Crippen LogP contribution in [-0.4, -0.2) is 6.21 Å². The second kappa shape index (κ2) is 11.2. The normalized spacial score (nSPS) is 11.0. The smallest absolute Gasteiger partial charge is 0.238 e. The molecule has 0 fully saturated rings. The second-order valence-electron chi connectivity index (χ2n) is 9.08. The van der Waals surface area contributed by atoms with Crippen LogP contribution in [0, 0.1) is 25.2 Å². The van der Waals surface area contributed by atoms with Crippen molar-refractivity contribution in [1.29, 1.82) is 5.26 Å². The molecule has 0 radical (unpaired) electrons. The Kier molecular flexibility index (Phi) is 7.40. The van der Waals surface area contributed by atoms with Gasteiger partial charge in [-0.2, -0.15) is 5.26 Å². The summed E-state index contributed by atoms with van der Waals surface area (Å²) in [6.45, 7) is 4.50. The summed E-state index contributed by atoms with van der Waals surface area (Å²) in [6.07, 6.45) is 1.69. The van der Waals surface area contributed by atoms with Crippen molar-refractivity contribution in [3.05, 3.63) is 130 Å². The SMILES string of the molecule is Cc1ccc(-c2oc(N=Cc3cccc(OCc4ccc(Cl)cc4)c3)c(C#N)c2-c2ccc(C)cc2)cc1. The van der Waals surface area contributed by atoms with E-state index in [1.165, 1.54) is 0 Å². The summed E-state index contributed by atoms with van der Waals surface area (Å²) in [5.74, 6) is 1.60. The van der Waals surface area contributed by atoms with Gasteiger partial charge in [0.05, 0.1) is 0 Å². The van der Waals surface area contributed by atoms with Gasteiger partial charge in [0, 0.05) is 22.4 Å². The first-order valence-electron chi connectivity index (χ1n) is 12.2. The third-order valence-electron chi connectivity index (χ3n) is 6.16. The molecule has 0 amide bonds. The van der Waals surface area contributed by atoms with Crippen LogP contribution < -0.4 is 4.74 Å². The number of halogens is 1. The quantitative estimate of drug-likeness (QED) is 0.203. The number of aliphatic imine (C=N–C) groups is 1. The number of benzene rings is 4. The molecular formula is C33H25ClN2O2. The fourth-order valence-corrected chi connectivity index (χ4v) is 4.21. The minimum atomic E-state index is 0.270. The van der Waals surface area contributed by atoms with Gasteiger partial charge >= 0.3 is 0 Å². The third-order valence-corrected chi connectivity index (χ3v) is 6.42. The Hall–Kier alpha value is -4.59. The molecule has 0 aliphatic heterocycles. The Morgan fingerprint density at radius 3 is 2.18 bits per heavy atom. The van der Waals surface area contributed by atoms with Crippen LogP contribution in [0.4, 0.5) is 5.88 Å². The molecule has 0 saturated heterocycles. The van der Waals surface area contributed by atoms with E-state index in [-0.39, 0.29) is 5.88 Å². The summed E-state index contributed by atoms with van der Waals surface area (Å²) in [6, 6.07) is 33.6. The molecule has 1 heterocycles. The lowest BCUT2D eigenvalue weighted by Gasteiger charge is -2.07. The minimum absolute atomic E-state index is 0.270. The highest BCUT2D eigenvalue weighted by Gasteiger charge is 2.22. The zero-order valence-electron chi connectivity index (χ0n) is 21.1. The van der Waals surface area contributed by atoms with Crippen LogP contribution in [0.25, 0.3) is 22.5 Å². The zero-order valence-corrected chi connectivity index (χ0v) is 21.9. The largest absolute Gasteiger partial charge is 0.489 e. The molecule has 5 rings (SSSR count). The Bertz CT molecular complexity index is 1630. The van der Waals surface area contributed by atoms with Gasteiger partial charge in [0.2, 0.25) is 5.88 Å². The molecule has 4 aromatic carbocycles. The van der Waals surface area contributed by atoms with Gasteiger partial charge in [0.15, 0.2) is 0 Å². The highest BCUT2D eigenvalue weighted by atomic mass is 35.5. The topological polar surface area (TPSA) is 58.5 Å². The predicted octanol–water partition coefficient (Wildman–Crippen LogP) is 9.09. The molecule has 0 aliphatic carbocycles. The molecule has 0 unspecified atom stereocenters. The Labute approximate surface area is 227 Å². The lowest BCUT2D eigenvalue weighted by molar-refractivity contribution is 0.306. The predicted molar refractivity (Wildman–Crippen MR) is 153 cm³/mol. The Balaban J connectivity index is 1.47. The fraction of sp³-hybridized carbons (Fsp3) is 0.0909. The second-order valence-corrected chi connectivity index (χ2v) is 9.51. The number of aryl methyl sites for hydroxylation is 2. The van der Waals surface area contributed by atoms with E-state index in [0.29, 0.717) is 28.7 Å². The van der Waals surface area contributed by atoms with Gasteiger partial charge in [0.25, 0.3) is 0 Å². The van der Waals surface area contributed by atoms with Crippen molar-refractivity contribution in [3.63, 3.8) is 0 Å². The van der Waals surface area contributed by atoms with E-state index in [0.717, 1.165) is 38.9 Å². The van der Waals surface area contributed by atoms with E-state index in [1.807, 2.05) is 111 Å². The van der Waals surface area contributed by atoms with E-state index >= 15 is 0 Å². The third kappa shape index (κ3) is 5.70. The van der Waals surface area contributed by atoms with Crippen molar-refractivity contribution in [1.82, 2.24) is 0 Å². The molecule has 1 aromatic heterocycles. The summed E-state index contributed by atoms with van der Waals surface area (Å²) in [7, 11) is 0. The standard InChI is InChI=1S/C33H25ClN2O2/c1-22-6-12-26(13-7-22)31-30(19-35)33(38-32(31)27-14-8-23(2)9-15-27)36-20-25-4-3-5-29(18-25)37-21-24-10-16-28(34)17-11-24/h3-18,20H,21H2,1-2H3. The van der Waals surface area contributed by atoms with Crippen LogP contribution in [0.3, 0.4) is 0 Å². The fourth-order valence-electron chi connectivity index (χ4n) is 4.08. The highest BCUT2D eigenvalue weighted by Crippen LogP contribution is 2.42. The van der Waals surface area contributed by atoms with E-state index < -0.39 is 0 Å². The van der Waals surface area contributed by atoms with Gasteiger partial charge in [0.1, 0.15) is 29.7 Å². The van der Waals surface area contributed by atoms with Crippen molar-refractivity contribution in [2.24, 2.45) is 4.99 Å². The number of rotatable bonds is 7. The first kappa shape index (κ1) is 25.1. The van der Waals surface area contributed by atoms with Crippen molar-refractivity contribution < 1.29 is 9.15 Å². The number of nitrogens with zero attached hydrogens (tertiary/aromatic N) is 2. The monoisotopic (exact) mass is 516 g/mol. The van der Waals surface area contributed by atoms with Crippen LogP contribution in [0.15, 0.2) is 106 Å². The van der Waals surface area contributed by atoms with E-state index in [1.54, 1.807) is 6.21 Å². The van der Waals surface area contributed by atoms with Crippen LogP contribution in [-0.2, 0) is 6.61 Å². The number of hydrogen-bond donors (Lipinski definition) is 0. The van der Waals surface area contributed by atoms with Crippen molar-refractivity contribution in [3.8, 4) is 34.3 Å². The molecule has 0 saturated carbocycles. The molecule has 0 N–H and O–H groups in total. The average Bonchev–Trinajstić information content (AvgIpc) is 3.31. The molecule has 186 valence electrons. The number of ether oxygens (including phenoxy) is 1. The highest BCUT2D eigenvalue weighted by molar-refractivity contribution is 6.30. The van der Waals surface area contributed by atoms with Gasteiger partial charge in [-0.1, -0.05) is 95.5 Å². The summed E-state index contributed by atoms with van der Waals surface area (Å²) in [5.41, 5.74) is 7.08. The molecule has 5 heteroatoms. The molecule has 0 atom stereocenters. The number of nitriles is 1. The van der Waals surface area contributed by atoms with Crippen LogP contribution in [0.5, 0.6) is 5.75 Å². The molecule has 5 aromatic rings. The molecule has 0 bridgehead atoms. The average molecular weight is 517 g/mol. The van der Waals surface area contributed by atoms with Gasteiger partial charge in [-0.25, -0.2) is 4.99 Å². The maximum absolute atomic E-state index is 10.1. The maximum Gasteiger partial charge on any atom is 0.238 e. The van der Waals surface area contributed by atoms with Crippen molar-refractivity contribution in [2.45, 2.75) is 20.5 Å². The van der Waals surface area contributed by atoms with E-state index in [4.69, 9.17) is 20.8 Å². The van der Waals surface area contributed by atoms with Gasteiger partial charge in [-0.3, -0.25) is 0 Å². The van der Waals surface area contributed by atoms with Crippen LogP contribution in [0.1, 0.15) is 27.8 Å². The first-order chi connectivity index (χ1) is 18.5. The lowest BCUT2D eigenvalue weighted by atomic mass is 9.97. The minimum Gasteiger partial charge on any atom is -0.489 e. The zero-order chi connectivity index (χ0) is 26.5. The summed E-state index contributed by atoms with van der Waals surface area (Å²) in [4.78, 5) is 4.60.